The van der Waals surface area contributed by atoms with Crippen LogP contribution in [0.1, 0.15) is 54.8 Å². The fourth-order valence-corrected chi connectivity index (χ4v) is 4.24. The van der Waals surface area contributed by atoms with Gasteiger partial charge in [0.2, 0.25) is 5.91 Å². The van der Waals surface area contributed by atoms with Crippen LogP contribution < -0.4 is 5.32 Å². The number of carbonyl (C=O) groups is 4. The lowest BCUT2D eigenvalue weighted by atomic mass is 9.82. The highest BCUT2D eigenvalue weighted by atomic mass is 16.5. The number of ether oxygens (including phenoxy) is 2. The fraction of sp³-hybridized carbons (Fsp3) is 0.478. The zero-order chi connectivity index (χ0) is 22.9. The van der Waals surface area contributed by atoms with Crippen molar-refractivity contribution in [1.82, 2.24) is 0 Å². The first-order valence-corrected chi connectivity index (χ1v) is 10.4. The van der Waals surface area contributed by atoms with Gasteiger partial charge in [0.15, 0.2) is 0 Å². The Morgan fingerprint density at radius 1 is 0.871 bits per heavy atom. The van der Waals surface area contributed by atoms with Gasteiger partial charge in [-0.15, -0.1) is 0 Å². The van der Waals surface area contributed by atoms with Gasteiger partial charge < -0.3 is 19.9 Å². The number of esters is 2. The molecule has 4 atom stereocenters. The molecule has 8 nitrogen and oxygen atoms in total. The molecule has 1 fully saturated rings. The van der Waals surface area contributed by atoms with E-state index in [0.29, 0.717) is 6.42 Å². The number of hydrogen-bond acceptors (Lipinski definition) is 6. The standard InChI is InChI=1S/C23H27NO7/c1-11(2)30-22(28)15-8-16(23(29)31-12(3)4)10-17(9-15)24-20(25)18-13-5-6-14(7-13)19(18)21(26)27/h5-6,8-14,18-19H,7H2,1-4H3,(H,24,25)(H,26,27). The molecule has 1 amide bonds. The first-order valence-electron chi connectivity index (χ1n) is 10.4. The smallest absolute Gasteiger partial charge is 0.338 e. The third kappa shape index (κ3) is 4.95. The lowest BCUT2D eigenvalue weighted by Gasteiger charge is -2.24. The molecule has 0 aromatic heterocycles. The Balaban J connectivity index is 1.89. The number of carboxylic acids is 1. The van der Waals surface area contributed by atoms with Crippen molar-refractivity contribution in [2.45, 2.75) is 46.3 Å². The maximum atomic E-state index is 13.0. The molecule has 3 rings (SSSR count). The van der Waals surface area contributed by atoms with Crippen LogP contribution in [0.15, 0.2) is 30.4 Å². The van der Waals surface area contributed by atoms with Crippen LogP contribution in [0.2, 0.25) is 0 Å². The number of carboxylic acid groups (broad SMARTS) is 1. The molecular weight excluding hydrogens is 402 g/mol. The molecule has 0 heterocycles. The lowest BCUT2D eigenvalue weighted by molar-refractivity contribution is -0.146. The largest absolute Gasteiger partial charge is 0.481 e. The quantitative estimate of drug-likeness (QED) is 0.504. The van der Waals surface area contributed by atoms with Crippen LogP contribution in [0.3, 0.4) is 0 Å². The second-order valence-corrected chi connectivity index (χ2v) is 8.53. The molecule has 0 aliphatic heterocycles. The summed E-state index contributed by atoms with van der Waals surface area (Å²) in [5.74, 6) is -4.58. The zero-order valence-electron chi connectivity index (χ0n) is 18.0. The number of nitrogens with one attached hydrogen (secondary N) is 1. The van der Waals surface area contributed by atoms with Gasteiger partial charge in [0.1, 0.15) is 0 Å². The Hall–Kier alpha value is -3.16. The molecule has 1 aromatic rings. The molecule has 2 bridgehead atoms. The lowest BCUT2D eigenvalue weighted by Crippen LogP contribution is -2.36. The van der Waals surface area contributed by atoms with Crippen LogP contribution in [-0.4, -0.2) is 41.1 Å². The van der Waals surface area contributed by atoms with Crippen molar-refractivity contribution in [3.63, 3.8) is 0 Å². The molecule has 1 aromatic carbocycles. The highest BCUT2D eigenvalue weighted by Gasteiger charge is 2.51. The molecule has 1 saturated carbocycles. The summed E-state index contributed by atoms with van der Waals surface area (Å²) in [6, 6.07) is 4.17. The van der Waals surface area contributed by atoms with E-state index in [2.05, 4.69) is 5.32 Å². The van der Waals surface area contributed by atoms with Gasteiger partial charge in [-0.2, -0.15) is 0 Å². The summed E-state index contributed by atoms with van der Waals surface area (Å²) < 4.78 is 10.4. The van der Waals surface area contributed by atoms with Gasteiger partial charge in [-0.05, 0) is 64.2 Å². The molecule has 0 spiro atoms. The number of benzene rings is 1. The maximum Gasteiger partial charge on any atom is 0.338 e. The summed E-state index contributed by atoms with van der Waals surface area (Å²) in [7, 11) is 0. The van der Waals surface area contributed by atoms with E-state index in [-0.39, 0.29) is 40.9 Å². The number of amides is 1. The molecule has 0 saturated heterocycles. The summed E-state index contributed by atoms with van der Waals surface area (Å²) in [5.41, 5.74) is 0.379. The predicted octanol–water partition coefficient (Wildman–Crippen LogP) is 3.28. The van der Waals surface area contributed by atoms with Gasteiger partial charge in [-0.1, -0.05) is 12.2 Å². The summed E-state index contributed by atoms with van der Waals surface area (Å²) in [6.45, 7) is 6.80. The first kappa shape index (κ1) is 22.5. The molecule has 166 valence electrons. The van der Waals surface area contributed by atoms with E-state index < -0.39 is 35.7 Å². The topological polar surface area (TPSA) is 119 Å². The normalized spacial score (nSPS) is 23.8. The molecule has 4 unspecified atom stereocenters. The molecule has 31 heavy (non-hydrogen) atoms. The maximum absolute atomic E-state index is 13.0. The predicted molar refractivity (Wildman–Crippen MR) is 112 cm³/mol. The monoisotopic (exact) mass is 429 g/mol. The minimum atomic E-state index is -1.01. The Morgan fingerprint density at radius 3 is 1.81 bits per heavy atom. The Labute approximate surface area is 180 Å². The van der Waals surface area contributed by atoms with Crippen LogP contribution in [0, 0.1) is 23.7 Å². The number of carbonyl (C=O) groups excluding carboxylic acids is 3. The zero-order valence-corrected chi connectivity index (χ0v) is 18.0. The Bertz CT molecular complexity index is 894. The van der Waals surface area contributed by atoms with E-state index in [4.69, 9.17) is 9.47 Å². The van der Waals surface area contributed by atoms with Gasteiger partial charge in [0.25, 0.3) is 0 Å². The van der Waals surface area contributed by atoms with E-state index in [1.807, 2.05) is 12.2 Å². The number of rotatable bonds is 7. The van der Waals surface area contributed by atoms with E-state index in [1.54, 1.807) is 27.7 Å². The summed E-state index contributed by atoms with van der Waals surface area (Å²) in [4.78, 5) is 49.5. The van der Waals surface area contributed by atoms with Crippen LogP contribution in [0.25, 0.3) is 0 Å². The van der Waals surface area contributed by atoms with Gasteiger partial charge in [-0.3, -0.25) is 9.59 Å². The molecule has 8 heteroatoms. The summed E-state index contributed by atoms with van der Waals surface area (Å²) in [5, 5.41) is 12.3. The fourth-order valence-electron chi connectivity index (χ4n) is 4.24. The molecule has 2 aliphatic rings. The number of fused-ring (bicyclic) bond motifs is 2. The van der Waals surface area contributed by atoms with Crippen molar-refractivity contribution in [1.29, 1.82) is 0 Å². The van der Waals surface area contributed by atoms with Crippen molar-refractivity contribution in [3.8, 4) is 0 Å². The molecule has 2 N–H and O–H groups in total. The SMILES string of the molecule is CC(C)OC(=O)c1cc(NC(=O)C2C3C=CC(C3)C2C(=O)O)cc(C(=O)OC(C)C)c1. The highest BCUT2D eigenvalue weighted by Crippen LogP contribution is 2.48. The molecule has 0 radical (unpaired) electrons. The van der Waals surface area contributed by atoms with Gasteiger partial charge in [0, 0.05) is 5.69 Å². The minimum Gasteiger partial charge on any atom is -0.481 e. The van der Waals surface area contributed by atoms with Crippen LogP contribution >= 0.6 is 0 Å². The van der Waals surface area contributed by atoms with E-state index in [9.17, 15) is 24.3 Å². The van der Waals surface area contributed by atoms with Crippen molar-refractivity contribution >= 4 is 29.5 Å². The Morgan fingerprint density at radius 2 is 1.35 bits per heavy atom. The minimum absolute atomic E-state index is 0.0878. The van der Waals surface area contributed by atoms with Crippen LogP contribution in [-0.2, 0) is 19.1 Å². The van der Waals surface area contributed by atoms with Crippen molar-refractivity contribution in [2.75, 3.05) is 5.32 Å². The third-order valence-corrected chi connectivity index (χ3v) is 5.40. The Kier molecular flexibility index (Phi) is 6.48. The average Bonchev–Trinajstić information content (AvgIpc) is 3.28. The van der Waals surface area contributed by atoms with Crippen molar-refractivity contribution in [3.05, 3.63) is 41.5 Å². The van der Waals surface area contributed by atoms with E-state index >= 15 is 0 Å². The van der Waals surface area contributed by atoms with Gasteiger partial charge in [0.05, 0.1) is 35.2 Å². The molecule has 2 aliphatic carbocycles. The van der Waals surface area contributed by atoms with Crippen LogP contribution in [0.4, 0.5) is 5.69 Å². The van der Waals surface area contributed by atoms with E-state index in [1.165, 1.54) is 18.2 Å². The van der Waals surface area contributed by atoms with E-state index in [0.717, 1.165) is 0 Å². The number of aliphatic carboxylic acids is 1. The second kappa shape index (κ2) is 8.91. The van der Waals surface area contributed by atoms with Gasteiger partial charge >= 0.3 is 17.9 Å². The van der Waals surface area contributed by atoms with Gasteiger partial charge in [-0.25, -0.2) is 9.59 Å². The summed E-state index contributed by atoms with van der Waals surface area (Å²) in [6.07, 6.45) is 3.64. The van der Waals surface area contributed by atoms with Crippen molar-refractivity contribution in [2.24, 2.45) is 23.7 Å². The van der Waals surface area contributed by atoms with Crippen molar-refractivity contribution < 1.29 is 33.8 Å². The highest BCUT2D eigenvalue weighted by molar-refractivity contribution is 6.01. The first-order chi connectivity index (χ1) is 14.6. The molecular formula is C23H27NO7. The second-order valence-electron chi connectivity index (χ2n) is 8.53. The average molecular weight is 429 g/mol. The van der Waals surface area contributed by atoms with Crippen LogP contribution in [0.5, 0.6) is 0 Å². The number of hydrogen-bond donors (Lipinski definition) is 2. The number of anilines is 1. The third-order valence-electron chi connectivity index (χ3n) is 5.40. The number of allylic oxidation sites excluding steroid dienone is 2. The summed E-state index contributed by atoms with van der Waals surface area (Å²) >= 11 is 0.